The van der Waals surface area contributed by atoms with Crippen molar-refractivity contribution >= 4 is 40.3 Å². The van der Waals surface area contributed by atoms with E-state index in [-0.39, 0.29) is 11.4 Å². The molecule has 0 atom stereocenters. The summed E-state index contributed by atoms with van der Waals surface area (Å²) in [5, 5.41) is 20.3. The van der Waals surface area contributed by atoms with Gasteiger partial charge in [-0.05, 0) is 36.4 Å². The number of carbonyl (C=O) groups is 1. The summed E-state index contributed by atoms with van der Waals surface area (Å²) in [5.74, 6) is -0.609. The van der Waals surface area contributed by atoms with Gasteiger partial charge in [-0.3, -0.25) is 10.2 Å². The summed E-state index contributed by atoms with van der Waals surface area (Å²) in [6.07, 6.45) is 0. The highest BCUT2D eigenvalue weighted by Crippen LogP contribution is 2.14. The maximum absolute atomic E-state index is 12.7. The number of anilines is 2. The van der Waals surface area contributed by atoms with Crippen molar-refractivity contribution in [2.75, 3.05) is 10.7 Å². The second-order valence-electron chi connectivity index (χ2n) is 5.71. The van der Waals surface area contributed by atoms with Crippen LogP contribution < -0.4 is 10.7 Å². The van der Waals surface area contributed by atoms with E-state index in [1.54, 1.807) is 48.5 Å². The molecule has 0 saturated heterocycles. The highest BCUT2D eigenvalue weighted by molar-refractivity contribution is 6.71. The molecule has 3 aromatic rings. The quantitative estimate of drug-likeness (QED) is 0.325. The van der Waals surface area contributed by atoms with E-state index in [4.69, 9.17) is 11.6 Å². The lowest BCUT2D eigenvalue weighted by Crippen LogP contribution is -2.31. The van der Waals surface area contributed by atoms with Crippen molar-refractivity contribution in [1.82, 2.24) is 0 Å². The Morgan fingerprint density at radius 2 is 1.43 bits per heavy atom. The normalized spacial score (nSPS) is 11.8. The maximum atomic E-state index is 12.7. The molecule has 28 heavy (non-hydrogen) atoms. The number of halogens is 1. The number of oxime groups is 1. The Morgan fingerprint density at radius 1 is 0.821 bits per heavy atom. The van der Waals surface area contributed by atoms with Crippen LogP contribution in [0.2, 0.25) is 5.02 Å². The molecular formula is C21H17ClN4O2. The molecule has 0 spiro atoms. The summed E-state index contributed by atoms with van der Waals surface area (Å²) >= 11 is 5.86. The van der Waals surface area contributed by atoms with Crippen LogP contribution in [-0.4, -0.2) is 22.5 Å². The Hall–Kier alpha value is -3.64. The Morgan fingerprint density at radius 3 is 2.04 bits per heavy atom. The second-order valence-corrected chi connectivity index (χ2v) is 6.15. The van der Waals surface area contributed by atoms with E-state index >= 15 is 0 Å². The standard InChI is InChI=1S/C21H17ClN4O2/c22-16-11-13-17(14-12-16)23-21(27)20(26-28)19(15-7-3-1-4-8-15)25-24-18-9-5-2-6-10-18/h1-14,24,28H,(H,23,27)/b25-19-,26-20-. The zero-order valence-electron chi connectivity index (χ0n) is 14.7. The summed E-state index contributed by atoms with van der Waals surface area (Å²) in [7, 11) is 0. The third-order valence-corrected chi connectivity index (χ3v) is 4.01. The monoisotopic (exact) mass is 392 g/mol. The third-order valence-electron chi connectivity index (χ3n) is 3.76. The summed E-state index contributed by atoms with van der Waals surface area (Å²) in [5.41, 5.74) is 4.70. The molecule has 7 heteroatoms. The molecule has 1 amide bonds. The van der Waals surface area contributed by atoms with Gasteiger partial charge in [-0.25, -0.2) is 0 Å². The van der Waals surface area contributed by atoms with Crippen molar-refractivity contribution in [2.45, 2.75) is 0 Å². The van der Waals surface area contributed by atoms with Crippen molar-refractivity contribution in [1.29, 1.82) is 0 Å². The lowest BCUT2D eigenvalue weighted by Gasteiger charge is -2.11. The fraction of sp³-hybridized carbons (Fsp3) is 0. The highest BCUT2D eigenvalue weighted by atomic mass is 35.5. The molecular weight excluding hydrogens is 376 g/mol. The molecule has 0 radical (unpaired) electrons. The molecule has 0 aliphatic heterocycles. The average Bonchev–Trinajstić information content (AvgIpc) is 2.74. The van der Waals surface area contributed by atoms with Crippen molar-refractivity contribution in [3.8, 4) is 0 Å². The summed E-state index contributed by atoms with van der Waals surface area (Å²) in [6, 6.07) is 24.8. The van der Waals surface area contributed by atoms with Crippen LogP contribution in [0.15, 0.2) is 95.2 Å². The average molecular weight is 393 g/mol. The Kier molecular flexibility index (Phi) is 6.38. The molecule has 0 saturated carbocycles. The Labute approximate surface area is 167 Å². The Balaban J connectivity index is 1.90. The summed E-state index contributed by atoms with van der Waals surface area (Å²) in [6.45, 7) is 0. The van der Waals surface area contributed by atoms with Crippen LogP contribution in [0.1, 0.15) is 5.56 Å². The van der Waals surface area contributed by atoms with Gasteiger partial charge in [-0.1, -0.05) is 65.3 Å². The summed E-state index contributed by atoms with van der Waals surface area (Å²) in [4.78, 5) is 12.7. The molecule has 0 aromatic heterocycles. The zero-order chi connectivity index (χ0) is 19.8. The van der Waals surface area contributed by atoms with Crippen LogP contribution in [0.4, 0.5) is 11.4 Å². The van der Waals surface area contributed by atoms with E-state index in [2.05, 4.69) is 21.0 Å². The molecule has 140 valence electrons. The number of hydrogen-bond donors (Lipinski definition) is 3. The minimum atomic E-state index is -0.609. The number of rotatable bonds is 6. The van der Waals surface area contributed by atoms with Gasteiger partial charge >= 0.3 is 0 Å². The first-order valence-corrected chi connectivity index (χ1v) is 8.78. The smallest absolute Gasteiger partial charge is 0.280 e. The van der Waals surface area contributed by atoms with Crippen molar-refractivity contribution in [3.05, 3.63) is 95.5 Å². The molecule has 0 heterocycles. The molecule has 6 nitrogen and oxygen atoms in total. The minimum absolute atomic E-state index is 0.193. The first kappa shape index (κ1) is 19.1. The van der Waals surface area contributed by atoms with Crippen LogP contribution in [0.5, 0.6) is 0 Å². The maximum Gasteiger partial charge on any atom is 0.280 e. The lowest BCUT2D eigenvalue weighted by atomic mass is 10.1. The number of para-hydroxylation sites is 1. The predicted octanol–water partition coefficient (Wildman–Crippen LogP) is 4.63. The fourth-order valence-corrected chi connectivity index (χ4v) is 2.53. The highest BCUT2D eigenvalue weighted by Gasteiger charge is 2.21. The van der Waals surface area contributed by atoms with Crippen molar-refractivity contribution < 1.29 is 10.0 Å². The fourth-order valence-electron chi connectivity index (χ4n) is 2.41. The van der Waals surface area contributed by atoms with E-state index in [1.165, 1.54) is 0 Å². The van der Waals surface area contributed by atoms with Gasteiger partial charge in [0.1, 0.15) is 5.71 Å². The van der Waals surface area contributed by atoms with Crippen LogP contribution in [0.25, 0.3) is 0 Å². The topological polar surface area (TPSA) is 86.1 Å². The molecule has 3 rings (SSSR count). The molecule has 0 aliphatic rings. The van der Waals surface area contributed by atoms with Crippen LogP contribution in [0.3, 0.4) is 0 Å². The summed E-state index contributed by atoms with van der Waals surface area (Å²) < 4.78 is 0. The number of hydrazone groups is 1. The molecule has 0 unspecified atom stereocenters. The second kappa shape index (κ2) is 9.34. The molecule has 0 fully saturated rings. The number of nitrogens with one attached hydrogen (secondary N) is 2. The van der Waals surface area contributed by atoms with Crippen molar-refractivity contribution in [2.24, 2.45) is 10.3 Å². The van der Waals surface area contributed by atoms with Gasteiger partial charge in [0.25, 0.3) is 5.91 Å². The lowest BCUT2D eigenvalue weighted by molar-refractivity contribution is -0.110. The van der Waals surface area contributed by atoms with Crippen LogP contribution in [-0.2, 0) is 4.79 Å². The van der Waals surface area contributed by atoms with Gasteiger partial charge in [0.05, 0.1) is 5.69 Å². The van der Waals surface area contributed by atoms with Crippen LogP contribution >= 0.6 is 11.6 Å². The van der Waals surface area contributed by atoms with Gasteiger partial charge in [0.15, 0.2) is 5.71 Å². The van der Waals surface area contributed by atoms with Gasteiger partial charge < -0.3 is 10.5 Å². The van der Waals surface area contributed by atoms with Gasteiger partial charge in [0, 0.05) is 16.3 Å². The number of benzene rings is 3. The van der Waals surface area contributed by atoms with Gasteiger partial charge in [0.2, 0.25) is 0 Å². The predicted molar refractivity (Wildman–Crippen MR) is 112 cm³/mol. The van der Waals surface area contributed by atoms with Gasteiger partial charge in [-0.15, -0.1) is 0 Å². The number of carbonyl (C=O) groups excluding carboxylic acids is 1. The SMILES string of the molecule is O=C(Nc1ccc(Cl)cc1)C(=N\O)/C(=N\Nc1ccccc1)c1ccccc1. The number of nitrogens with zero attached hydrogens (tertiary/aromatic N) is 2. The molecule has 0 aliphatic carbocycles. The third kappa shape index (κ3) is 4.96. The van der Waals surface area contributed by atoms with Crippen molar-refractivity contribution in [3.63, 3.8) is 0 Å². The van der Waals surface area contributed by atoms with Crippen LogP contribution in [0, 0.1) is 0 Å². The number of amides is 1. The van der Waals surface area contributed by atoms with E-state index in [1.807, 2.05) is 36.4 Å². The molecule has 0 bridgehead atoms. The first-order valence-electron chi connectivity index (χ1n) is 8.41. The van der Waals surface area contributed by atoms with E-state index in [0.29, 0.717) is 16.3 Å². The molecule has 3 N–H and O–H groups in total. The number of hydrogen-bond acceptors (Lipinski definition) is 5. The largest absolute Gasteiger partial charge is 0.410 e. The first-order chi connectivity index (χ1) is 13.7. The minimum Gasteiger partial charge on any atom is -0.410 e. The van der Waals surface area contributed by atoms with E-state index in [0.717, 1.165) is 5.69 Å². The van der Waals surface area contributed by atoms with Gasteiger partial charge in [-0.2, -0.15) is 5.10 Å². The zero-order valence-corrected chi connectivity index (χ0v) is 15.5. The molecule has 3 aromatic carbocycles. The van der Waals surface area contributed by atoms with E-state index in [9.17, 15) is 10.0 Å². The Bertz CT molecular complexity index is 988. The van der Waals surface area contributed by atoms with E-state index < -0.39 is 5.91 Å².